The molecule has 1 aromatic rings. The van der Waals surface area contributed by atoms with Gasteiger partial charge in [0, 0.05) is 6.54 Å². The molecule has 1 unspecified atom stereocenters. The third-order valence-corrected chi connectivity index (χ3v) is 5.38. The SMILES string of the molecule is C/C=C/c1cn(CC2CCCN2C(=O)[C@@H]2C[C@H]3CC[C@@H]2O3)nn1. The van der Waals surface area contributed by atoms with Gasteiger partial charge < -0.3 is 9.64 Å². The predicted molar refractivity (Wildman–Crippen MR) is 85.5 cm³/mol. The second-order valence-corrected chi connectivity index (χ2v) is 6.91. The van der Waals surface area contributed by atoms with Gasteiger partial charge in [0.1, 0.15) is 5.69 Å². The van der Waals surface area contributed by atoms with E-state index in [-0.39, 0.29) is 18.1 Å². The summed E-state index contributed by atoms with van der Waals surface area (Å²) in [6.45, 7) is 3.57. The quantitative estimate of drug-likeness (QED) is 0.851. The highest BCUT2D eigenvalue weighted by molar-refractivity contribution is 5.80. The zero-order valence-electron chi connectivity index (χ0n) is 13.6. The molecule has 124 valence electrons. The maximum atomic E-state index is 12.9. The van der Waals surface area contributed by atoms with Gasteiger partial charge in [-0.25, -0.2) is 4.68 Å². The monoisotopic (exact) mass is 316 g/mol. The Morgan fingerprint density at radius 2 is 2.35 bits per heavy atom. The Balaban J connectivity index is 1.42. The maximum absolute atomic E-state index is 12.9. The molecule has 0 aromatic carbocycles. The van der Waals surface area contributed by atoms with Crippen LogP contribution < -0.4 is 0 Å². The van der Waals surface area contributed by atoms with E-state index in [0.717, 1.165) is 50.9 Å². The molecule has 0 aliphatic carbocycles. The summed E-state index contributed by atoms with van der Waals surface area (Å²) in [6.07, 6.45) is 11.6. The molecule has 0 radical (unpaired) electrons. The zero-order chi connectivity index (χ0) is 15.8. The maximum Gasteiger partial charge on any atom is 0.228 e. The Bertz CT molecular complexity index is 611. The average Bonchev–Trinajstić information content (AvgIpc) is 3.31. The molecule has 3 fully saturated rings. The van der Waals surface area contributed by atoms with Crippen LogP contribution in [0, 0.1) is 5.92 Å². The van der Waals surface area contributed by atoms with E-state index in [9.17, 15) is 4.79 Å². The van der Waals surface area contributed by atoms with E-state index >= 15 is 0 Å². The second kappa shape index (κ2) is 6.07. The lowest BCUT2D eigenvalue weighted by Crippen LogP contribution is -2.44. The van der Waals surface area contributed by atoms with Gasteiger partial charge in [-0.1, -0.05) is 11.3 Å². The topological polar surface area (TPSA) is 60.2 Å². The van der Waals surface area contributed by atoms with E-state index in [2.05, 4.69) is 15.2 Å². The smallest absolute Gasteiger partial charge is 0.228 e. The van der Waals surface area contributed by atoms with E-state index in [1.54, 1.807) is 0 Å². The molecule has 0 N–H and O–H groups in total. The Labute approximate surface area is 136 Å². The van der Waals surface area contributed by atoms with Crippen LogP contribution in [0.5, 0.6) is 0 Å². The summed E-state index contributed by atoms with van der Waals surface area (Å²) >= 11 is 0. The summed E-state index contributed by atoms with van der Waals surface area (Å²) in [4.78, 5) is 15.0. The standard InChI is InChI=1S/C17H24N4O2/c1-2-4-12-10-20(19-18-12)11-13-5-3-8-21(13)17(22)15-9-14-6-7-16(15)23-14/h2,4,10,13-16H,3,5-9,11H2,1H3/b4-2+/t13?,14-,15-,16+/m1/s1. The van der Waals surface area contributed by atoms with E-state index in [1.807, 2.05) is 30.0 Å². The Morgan fingerprint density at radius 3 is 3.09 bits per heavy atom. The number of nitrogens with zero attached hydrogens (tertiary/aromatic N) is 4. The minimum Gasteiger partial charge on any atom is -0.374 e. The predicted octanol–water partition coefficient (Wildman–Crippen LogP) is 1.87. The second-order valence-electron chi connectivity index (χ2n) is 6.91. The van der Waals surface area contributed by atoms with Crippen molar-refractivity contribution in [1.29, 1.82) is 0 Å². The summed E-state index contributed by atoms with van der Waals surface area (Å²) < 4.78 is 7.73. The first-order valence-electron chi connectivity index (χ1n) is 8.73. The molecule has 4 atom stereocenters. The van der Waals surface area contributed by atoms with Gasteiger partial charge in [-0.15, -0.1) is 5.10 Å². The number of rotatable bonds is 4. The largest absolute Gasteiger partial charge is 0.374 e. The molecule has 1 aromatic heterocycles. The minimum absolute atomic E-state index is 0.0867. The van der Waals surface area contributed by atoms with E-state index in [0.29, 0.717) is 12.0 Å². The normalized spacial score (nSPS) is 33.2. The van der Waals surface area contributed by atoms with E-state index < -0.39 is 0 Å². The van der Waals surface area contributed by atoms with Crippen molar-refractivity contribution in [1.82, 2.24) is 19.9 Å². The highest BCUT2D eigenvalue weighted by Gasteiger charge is 2.47. The summed E-state index contributed by atoms with van der Waals surface area (Å²) in [5.74, 6) is 0.386. The molecule has 1 amide bonds. The van der Waals surface area contributed by atoms with Crippen LogP contribution in [0.25, 0.3) is 6.08 Å². The van der Waals surface area contributed by atoms with Crippen LogP contribution in [0.1, 0.15) is 44.7 Å². The number of aromatic nitrogens is 3. The van der Waals surface area contributed by atoms with Crippen molar-refractivity contribution >= 4 is 12.0 Å². The number of amides is 1. The van der Waals surface area contributed by atoms with Crippen molar-refractivity contribution in [3.05, 3.63) is 18.0 Å². The van der Waals surface area contributed by atoms with Gasteiger partial charge in [0.25, 0.3) is 0 Å². The molecule has 4 rings (SSSR count). The van der Waals surface area contributed by atoms with Gasteiger partial charge in [-0.2, -0.15) is 0 Å². The third-order valence-electron chi connectivity index (χ3n) is 5.38. The molecular weight excluding hydrogens is 292 g/mol. The van der Waals surface area contributed by atoms with Gasteiger partial charge in [0.2, 0.25) is 5.91 Å². The molecule has 3 aliphatic rings. The first-order valence-corrected chi connectivity index (χ1v) is 8.73. The minimum atomic E-state index is 0.0867. The fourth-order valence-corrected chi connectivity index (χ4v) is 4.29. The number of hydrogen-bond donors (Lipinski definition) is 0. The molecule has 0 saturated carbocycles. The van der Waals surface area contributed by atoms with Crippen LogP contribution in [-0.4, -0.2) is 50.6 Å². The van der Waals surface area contributed by atoms with Crippen molar-refractivity contribution in [2.24, 2.45) is 5.92 Å². The van der Waals surface area contributed by atoms with Gasteiger partial charge >= 0.3 is 0 Å². The number of allylic oxidation sites excluding steroid dienone is 1. The van der Waals surface area contributed by atoms with Crippen molar-refractivity contribution in [2.75, 3.05) is 6.54 Å². The Kier molecular flexibility index (Phi) is 3.93. The first-order chi connectivity index (χ1) is 11.2. The molecule has 23 heavy (non-hydrogen) atoms. The van der Waals surface area contributed by atoms with Crippen molar-refractivity contribution in [3.63, 3.8) is 0 Å². The van der Waals surface area contributed by atoms with E-state index in [1.165, 1.54) is 0 Å². The lowest BCUT2D eigenvalue weighted by Gasteiger charge is -2.29. The number of likely N-dealkylation sites (tertiary alicyclic amines) is 1. The van der Waals surface area contributed by atoms with Crippen LogP contribution in [0.4, 0.5) is 0 Å². The zero-order valence-corrected chi connectivity index (χ0v) is 13.6. The summed E-state index contributed by atoms with van der Waals surface area (Å²) in [5.41, 5.74) is 0.866. The van der Waals surface area contributed by atoms with Gasteiger partial charge in [-0.05, 0) is 45.1 Å². The highest BCUT2D eigenvalue weighted by Crippen LogP contribution is 2.40. The third kappa shape index (κ3) is 2.80. The molecule has 0 spiro atoms. The lowest BCUT2D eigenvalue weighted by atomic mass is 9.88. The average molecular weight is 316 g/mol. The van der Waals surface area contributed by atoms with Crippen LogP contribution >= 0.6 is 0 Å². The van der Waals surface area contributed by atoms with Crippen molar-refractivity contribution < 1.29 is 9.53 Å². The summed E-state index contributed by atoms with van der Waals surface area (Å²) in [5, 5.41) is 8.31. The number of fused-ring (bicyclic) bond motifs is 2. The molecule has 6 heteroatoms. The van der Waals surface area contributed by atoms with Crippen LogP contribution in [-0.2, 0) is 16.1 Å². The summed E-state index contributed by atoms with van der Waals surface area (Å²) in [7, 11) is 0. The molecule has 3 saturated heterocycles. The highest BCUT2D eigenvalue weighted by atomic mass is 16.5. The Hall–Kier alpha value is -1.69. The van der Waals surface area contributed by atoms with Gasteiger partial charge in [-0.3, -0.25) is 4.79 Å². The molecule has 2 bridgehead atoms. The van der Waals surface area contributed by atoms with Crippen molar-refractivity contribution in [2.45, 2.75) is 63.8 Å². The molecular formula is C17H24N4O2. The number of carbonyl (C=O) groups is 1. The fourth-order valence-electron chi connectivity index (χ4n) is 4.29. The number of hydrogen-bond acceptors (Lipinski definition) is 4. The van der Waals surface area contributed by atoms with Gasteiger partial charge in [0.15, 0.2) is 0 Å². The molecule has 4 heterocycles. The van der Waals surface area contributed by atoms with Crippen LogP contribution in [0.3, 0.4) is 0 Å². The summed E-state index contributed by atoms with van der Waals surface area (Å²) in [6, 6.07) is 0.238. The van der Waals surface area contributed by atoms with Crippen LogP contribution in [0.15, 0.2) is 12.3 Å². The van der Waals surface area contributed by atoms with E-state index in [4.69, 9.17) is 4.74 Å². The van der Waals surface area contributed by atoms with Crippen molar-refractivity contribution in [3.8, 4) is 0 Å². The molecule has 6 nitrogen and oxygen atoms in total. The Morgan fingerprint density at radius 1 is 1.43 bits per heavy atom. The van der Waals surface area contributed by atoms with Gasteiger partial charge in [0.05, 0.1) is 36.9 Å². The molecule has 3 aliphatic heterocycles. The lowest BCUT2D eigenvalue weighted by molar-refractivity contribution is -0.138. The number of carbonyl (C=O) groups excluding carboxylic acids is 1. The van der Waals surface area contributed by atoms with Crippen LogP contribution in [0.2, 0.25) is 0 Å². The first kappa shape index (κ1) is 14.9. The fraction of sp³-hybridized carbons (Fsp3) is 0.706. The number of ether oxygens (including phenoxy) is 1.